The van der Waals surface area contributed by atoms with E-state index in [0.29, 0.717) is 5.57 Å². The van der Waals surface area contributed by atoms with E-state index in [0.717, 1.165) is 0 Å². The van der Waals surface area contributed by atoms with Crippen molar-refractivity contribution in [2.24, 2.45) is 10.8 Å². The SMILES string of the molecule is CC(C)(C)C1=C[C@@H](Cl)[C@@](Cl)(C(C)(C)C)C(=O)C1=O. The zero-order valence-electron chi connectivity index (χ0n) is 11.7. The second-order valence-electron chi connectivity index (χ2n) is 6.85. The molecule has 2 nitrogen and oxygen atoms in total. The van der Waals surface area contributed by atoms with E-state index >= 15 is 0 Å². The normalized spacial score (nSPS) is 30.4. The molecule has 0 aromatic carbocycles. The summed E-state index contributed by atoms with van der Waals surface area (Å²) in [6.45, 7) is 11.1. The molecule has 0 N–H and O–H groups in total. The molecule has 1 aliphatic carbocycles. The quantitative estimate of drug-likeness (QED) is 0.503. The Kier molecular flexibility index (Phi) is 3.79. The molecule has 0 unspecified atom stereocenters. The van der Waals surface area contributed by atoms with Crippen molar-refractivity contribution >= 4 is 34.8 Å². The largest absolute Gasteiger partial charge is 0.288 e. The number of hydrogen-bond donors (Lipinski definition) is 0. The van der Waals surface area contributed by atoms with E-state index in [9.17, 15) is 9.59 Å². The van der Waals surface area contributed by atoms with Crippen LogP contribution in [-0.2, 0) is 9.59 Å². The first-order chi connectivity index (χ1) is 7.83. The van der Waals surface area contributed by atoms with Crippen LogP contribution in [0.4, 0.5) is 0 Å². The van der Waals surface area contributed by atoms with Gasteiger partial charge in [0.25, 0.3) is 0 Å². The number of hydrogen-bond acceptors (Lipinski definition) is 2. The highest BCUT2D eigenvalue weighted by atomic mass is 35.5. The van der Waals surface area contributed by atoms with Crippen molar-refractivity contribution < 1.29 is 9.59 Å². The number of carbonyl (C=O) groups is 2. The van der Waals surface area contributed by atoms with E-state index in [-0.39, 0.29) is 0 Å². The number of halogens is 2. The number of allylic oxidation sites excluding steroid dienone is 2. The van der Waals surface area contributed by atoms with Gasteiger partial charge in [-0.2, -0.15) is 0 Å². The summed E-state index contributed by atoms with van der Waals surface area (Å²) in [6.07, 6.45) is 1.64. The molecule has 0 saturated heterocycles. The van der Waals surface area contributed by atoms with Gasteiger partial charge in [-0.1, -0.05) is 47.6 Å². The van der Waals surface area contributed by atoms with E-state index in [1.807, 2.05) is 41.5 Å². The summed E-state index contributed by atoms with van der Waals surface area (Å²) in [7, 11) is 0. The van der Waals surface area contributed by atoms with Gasteiger partial charge in [0.1, 0.15) is 4.87 Å². The van der Waals surface area contributed by atoms with Crippen LogP contribution >= 0.6 is 23.2 Å². The highest BCUT2D eigenvalue weighted by Gasteiger charge is 2.57. The number of Topliss-reactive ketones (excluding diaryl/α,β-unsaturated/α-hetero) is 2. The molecule has 0 amide bonds. The van der Waals surface area contributed by atoms with Gasteiger partial charge >= 0.3 is 0 Å². The Morgan fingerprint density at radius 2 is 1.56 bits per heavy atom. The van der Waals surface area contributed by atoms with E-state index < -0.39 is 32.6 Å². The first kappa shape index (κ1) is 15.7. The van der Waals surface area contributed by atoms with Gasteiger partial charge in [-0.25, -0.2) is 0 Å². The fraction of sp³-hybridized carbons (Fsp3) is 0.714. The molecule has 0 aromatic heterocycles. The van der Waals surface area contributed by atoms with Gasteiger partial charge in [-0.3, -0.25) is 9.59 Å². The molecule has 18 heavy (non-hydrogen) atoms. The molecular weight excluding hydrogens is 271 g/mol. The summed E-state index contributed by atoms with van der Waals surface area (Å²) in [5.41, 5.74) is -0.545. The maximum absolute atomic E-state index is 12.4. The Balaban J connectivity index is 3.42. The molecular formula is C14H20Cl2O2. The van der Waals surface area contributed by atoms with Crippen LogP contribution in [0.3, 0.4) is 0 Å². The molecule has 1 rings (SSSR count). The Bertz CT molecular complexity index is 424. The number of alkyl halides is 2. The zero-order chi connectivity index (χ0) is 14.5. The number of rotatable bonds is 0. The minimum absolute atomic E-state index is 0.407. The van der Waals surface area contributed by atoms with Crippen molar-refractivity contribution in [3.8, 4) is 0 Å². The summed E-state index contributed by atoms with van der Waals surface area (Å²) in [4.78, 5) is 23.2. The van der Waals surface area contributed by atoms with Crippen LogP contribution in [0, 0.1) is 10.8 Å². The second kappa shape index (κ2) is 4.35. The summed E-state index contributed by atoms with van der Waals surface area (Å²) in [6, 6.07) is 0. The molecule has 102 valence electrons. The third kappa shape index (κ3) is 2.25. The molecule has 0 radical (unpaired) electrons. The van der Waals surface area contributed by atoms with E-state index in [1.165, 1.54) is 0 Å². The fourth-order valence-electron chi connectivity index (χ4n) is 2.09. The number of carbonyl (C=O) groups excluding carboxylic acids is 2. The minimum atomic E-state index is -1.37. The van der Waals surface area contributed by atoms with Crippen molar-refractivity contribution in [1.82, 2.24) is 0 Å². The van der Waals surface area contributed by atoms with Crippen LogP contribution in [0.25, 0.3) is 0 Å². The van der Waals surface area contributed by atoms with Gasteiger partial charge < -0.3 is 0 Å². The molecule has 0 saturated carbocycles. The van der Waals surface area contributed by atoms with Crippen molar-refractivity contribution in [3.05, 3.63) is 11.6 Å². The van der Waals surface area contributed by atoms with E-state index in [1.54, 1.807) is 6.08 Å². The summed E-state index contributed by atoms with van der Waals surface area (Å²) in [5, 5.41) is -0.682. The van der Waals surface area contributed by atoms with Crippen LogP contribution in [0.2, 0.25) is 0 Å². The van der Waals surface area contributed by atoms with Gasteiger partial charge in [-0.15, -0.1) is 23.2 Å². The monoisotopic (exact) mass is 290 g/mol. The first-order valence-electron chi connectivity index (χ1n) is 5.98. The van der Waals surface area contributed by atoms with Gasteiger partial charge in [0, 0.05) is 5.57 Å². The minimum Gasteiger partial charge on any atom is -0.288 e. The molecule has 0 aliphatic heterocycles. The smallest absolute Gasteiger partial charge is 0.226 e. The Morgan fingerprint density at radius 3 is 1.89 bits per heavy atom. The van der Waals surface area contributed by atoms with Crippen LogP contribution < -0.4 is 0 Å². The zero-order valence-corrected chi connectivity index (χ0v) is 13.2. The van der Waals surface area contributed by atoms with Crippen LogP contribution in [-0.4, -0.2) is 21.8 Å². The fourth-order valence-corrected chi connectivity index (χ4v) is 2.80. The van der Waals surface area contributed by atoms with Crippen LogP contribution in [0.5, 0.6) is 0 Å². The van der Waals surface area contributed by atoms with Crippen LogP contribution in [0.15, 0.2) is 11.6 Å². The maximum Gasteiger partial charge on any atom is 0.226 e. The lowest BCUT2D eigenvalue weighted by atomic mass is 9.67. The third-order valence-corrected chi connectivity index (χ3v) is 4.91. The van der Waals surface area contributed by atoms with Crippen molar-refractivity contribution in [2.45, 2.75) is 51.8 Å². The Hall–Kier alpha value is -0.340. The molecule has 1 aliphatic rings. The topological polar surface area (TPSA) is 34.1 Å². The lowest BCUT2D eigenvalue weighted by molar-refractivity contribution is -0.138. The highest BCUT2D eigenvalue weighted by Crippen LogP contribution is 2.47. The highest BCUT2D eigenvalue weighted by molar-refractivity contribution is 6.60. The molecule has 0 heterocycles. The van der Waals surface area contributed by atoms with Gasteiger partial charge in [0.2, 0.25) is 11.6 Å². The van der Waals surface area contributed by atoms with Gasteiger partial charge in [0.15, 0.2) is 0 Å². The lowest BCUT2D eigenvalue weighted by Crippen LogP contribution is -2.57. The van der Waals surface area contributed by atoms with E-state index in [2.05, 4.69) is 0 Å². The predicted octanol–water partition coefficient (Wildman–Crippen LogP) is 3.74. The van der Waals surface area contributed by atoms with Crippen LogP contribution in [0.1, 0.15) is 41.5 Å². The van der Waals surface area contributed by atoms with Gasteiger partial charge in [-0.05, 0) is 10.8 Å². The maximum atomic E-state index is 12.4. The van der Waals surface area contributed by atoms with E-state index in [4.69, 9.17) is 23.2 Å². The third-order valence-electron chi connectivity index (χ3n) is 3.37. The molecule has 2 atom stereocenters. The molecule has 0 spiro atoms. The molecule has 0 fully saturated rings. The Labute approximate surface area is 119 Å². The first-order valence-corrected chi connectivity index (χ1v) is 6.79. The summed E-state index contributed by atoms with van der Waals surface area (Å²) >= 11 is 12.7. The second-order valence-corrected chi connectivity index (χ2v) is 7.92. The van der Waals surface area contributed by atoms with Crippen molar-refractivity contribution in [2.75, 3.05) is 0 Å². The molecule has 0 aromatic rings. The van der Waals surface area contributed by atoms with Crippen molar-refractivity contribution in [1.29, 1.82) is 0 Å². The number of ketones is 2. The van der Waals surface area contributed by atoms with Crippen molar-refractivity contribution in [3.63, 3.8) is 0 Å². The average Bonchev–Trinajstić information content (AvgIpc) is 2.16. The standard InChI is InChI=1S/C14H20Cl2O2/c1-12(2,3)8-7-9(15)14(16,13(4,5)6)11(18)10(8)17/h7,9H,1-6H3/t9-,14+/m1/s1. The average molecular weight is 291 g/mol. The summed E-state index contributed by atoms with van der Waals surface area (Å²) < 4.78 is 0. The Morgan fingerprint density at radius 1 is 1.11 bits per heavy atom. The molecule has 0 bridgehead atoms. The lowest BCUT2D eigenvalue weighted by Gasteiger charge is -2.43. The molecule has 4 heteroatoms. The summed E-state index contributed by atoms with van der Waals surface area (Å²) in [5.74, 6) is -1.10. The predicted molar refractivity (Wildman–Crippen MR) is 75.2 cm³/mol. The van der Waals surface area contributed by atoms with Gasteiger partial charge in [0.05, 0.1) is 5.38 Å².